The Kier molecular flexibility index (Phi) is 7.51. The summed E-state index contributed by atoms with van der Waals surface area (Å²) in [6.07, 6.45) is 3.05. The lowest BCUT2D eigenvalue weighted by atomic mass is 9.91. The van der Waals surface area contributed by atoms with Gasteiger partial charge in [-0.25, -0.2) is 0 Å². The number of aryl methyl sites for hydroxylation is 1. The van der Waals surface area contributed by atoms with E-state index in [4.69, 9.17) is 39.8 Å². The summed E-state index contributed by atoms with van der Waals surface area (Å²) in [6.45, 7) is 8.63. The maximum Gasteiger partial charge on any atom is 0.174 e. The maximum absolute atomic E-state index is 6.96. The van der Waals surface area contributed by atoms with Crippen molar-refractivity contribution in [2.75, 3.05) is 22.9 Å². The van der Waals surface area contributed by atoms with Crippen molar-refractivity contribution < 1.29 is 4.42 Å². The fourth-order valence-electron chi connectivity index (χ4n) is 6.10. The van der Waals surface area contributed by atoms with Gasteiger partial charge in [0.25, 0.3) is 0 Å². The average molecular weight is 592 g/mol. The summed E-state index contributed by atoms with van der Waals surface area (Å²) >= 11 is 19.3. The second kappa shape index (κ2) is 11.1. The van der Waals surface area contributed by atoms with E-state index in [1.807, 2.05) is 61.5 Å². The Bertz CT molecular complexity index is 1530. The van der Waals surface area contributed by atoms with Gasteiger partial charge in [0.2, 0.25) is 0 Å². The largest absolute Gasteiger partial charge is 0.459 e. The van der Waals surface area contributed by atoms with Crippen LogP contribution in [0.25, 0.3) is 11.3 Å². The van der Waals surface area contributed by atoms with Crippen molar-refractivity contribution in [3.63, 3.8) is 0 Å². The van der Waals surface area contributed by atoms with Gasteiger partial charge in [-0.05, 0) is 91.5 Å². The lowest BCUT2D eigenvalue weighted by Gasteiger charge is -2.37. The molecule has 0 unspecified atom stereocenters. The third kappa shape index (κ3) is 5.20. The Labute approximate surface area is 251 Å². The van der Waals surface area contributed by atoms with Crippen LogP contribution in [0.1, 0.15) is 49.4 Å². The number of nitrogens with one attached hydrogen (secondary N) is 1. The van der Waals surface area contributed by atoms with E-state index >= 15 is 0 Å². The fraction of sp³-hybridized carbons (Fsp3) is 0.312. The third-order valence-electron chi connectivity index (χ3n) is 7.89. The Morgan fingerprint density at radius 2 is 1.75 bits per heavy atom. The summed E-state index contributed by atoms with van der Waals surface area (Å²) in [5, 5.41) is 5.53. The number of aromatic nitrogens is 1. The second-order valence-electron chi connectivity index (χ2n) is 11.1. The van der Waals surface area contributed by atoms with Gasteiger partial charge in [0.1, 0.15) is 17.6 Å². The standard InChI is InChI=1S/C32H32Cl2N4OS/c1-19-14-20(2)18-37(17-19)27-10-9-23(16-25(27)34)38-31(30(36-32(38)40)26-6-4-5-13-35-26)29-12-11-28(39-29)22-8-7-21(3)24(33)15-22/h4-13,15-16,19-20,30-31H,14,17-18H2,1-3H3,(H,36,40)/t19-,20+,30-,31-/m0/s1. The van der Waals surface area contributed by atoms with Crippen LogP contribution in [0.3, 0.4) is 0 Å². The van der Waals surface area contributed by atoms with E-state index in [-0.39, 0.29) is 12.1 Å². The average Bonchev–Trinajstić information content (AvgIpc) is 3.55. The highest BCUT2D eigenvalue weighted by Crippen LogP contribution is 2.44. The number of furan rings is 1. The van der Waals surface area contributed by atoms with Gasteiger partial charge in [-0.15, -0.1) is 0 Å². The van der Waals surface area contributed by atoms with Crippen LogP contribution in [-0.4, -0.2) is 23.2 Å². The lowest BCUT2D eigenvalue weighted by molar-refractivity contribution is 0.357. The first-order chi connectivity index (χ1) is 19.3. The summed E-state index contributed by atoms with van der Waals surface area (Å²) in [4.78, 5) is 9.15. The first-order valence-electron chi connectivity index (χ1n) is 13.7. The van der Waals surface area contributed by atoms with E-state index in [0.717, 1.165) is 57.8 Å². The van der Waals surface area contributed by atoms with Crippen molar-refractivity contribution in [1.29, 1.82) is 0 Å². The molecule has 2 aliphatic heterocycles. The smallest absolute Gasteiger partial charge is 0.174 e. The molecule has 0 radical (unpaired) electrons. The molecule has 2 fully saturated rings. The van der Waals surface area contributed by atoms with Crippen molar-refractivity contribution in [2.45, 2.75) is 39.3 Å². The van der Waals surface area contributed by atoms with E-state index in [0.29, 0.717) is 22.0 Å². The van der Waals surface area contributed by atoms with E-state index in [2.05, 4.69) is 46.1 Å². The molecule has 0 aliphatic carbocycles. The number of hydrogen-bond donors (Lipinski definition) is 1. The number of hydrogen-bond acceptors (Lipinski definition) is 4. The van der Waals surface area contributed by atoms with Crippen LogP contribution < -0.4 is 15.1 Å². The van der Waals surface area contributed by atoms with Gasteiger partial charge in [0.15, 0.2) is 5.11 Å². The molecule has 2 saturated heterocycles. The van der Waals surface area contributed by atoms with Crippen molar-refractivity contribution >= 4 is 51.9 Å². The first kappa shape index (κ1) is 27.1. The van der Waals surface area contributed by atoms with E-state index < -0.39 is 0 Å². The predicted octanol–water partition coefficient (Wildman–Crippen LogP) is 8.62. The molecule has 206 valence electrons. The van der Waals surface area contributed by atoms with Crippen molar-refractivity contribution in [3.05, 3.63) is 100.0 Å². The number of benzene rings is 2. The Hall–Kier alpha value is -3.06. The molecule has 4 heterocycles. The zero-order chi connectivity index (χ0) is 28.0. The van der Waals surface area contributed by atoms with Crippen LogP contribution in [0.2, 0.25) is 10.0 Å². The lowest BCUT2D eigenvalue weighted by Crippen LogP contribution is -2.38. The highest BCUT2D eigenvalue weighted by atomic mass is 35.5. The normalized spacial score (nSPS) is 23.0. The van der Waals surface area contributed by atoms with Crippen molar-refractivity contribution in [1.82, 2.24) is 10.3 Å². The Morgan fingerprint density at radius 3 is 2.45 bits per heavy atom. The van der Waals surface area contributed by atoms with E-state index in [1.54, 1.807) is 6.20 Å². The van der Waals surface area contributed by atoms with Gasteiger partial charge in [-0.1, -0.05) is 55.2 Å². The van der Waals surface area contributed by atoms with Crippen LogP contribution in [0.5, 0.6) is 0 Å². The predicted molar refractivity (Wildman–Crippen MR) is 168 cm³/mol. The third-order valence-corrected chi connectivity index (χ3v) is 8.92. The topological polar surface area (TPSA) is 44.5 Å². The summed E-state index contributed by atoms with van der Waals surface area (Å²) in [5.41, 5.74) is 4.81. The fourth-order valence-corrected chi connectivity index (χ4v) is 6.92. The first-order valence-corrected chi connectivity index (χ1v) is 14.9. The summed E-state index contributed by atoms with van der Waals surface area (Å²) in [5.74, 6) is 2.79. The molecule has 1 N–H and O–H groups in total. The highest BCUT2D eigenvalue weighted by Gasteiger charge is 2.43. The molecule has 8 heteroatoms. The molecular weight excluding hydrogens is 559 g/mol. The maximum atomic E-state index is 6.96. The molecule has 5 nitrogen and oxygen atoms in total. The van der Waals surface area contributed by atoms with Crippen LogP contribution in [0.15, 0.2) is 77.3 Å². The minimum atomic E-state index is -0.269. The number of halogens is 2. The number of rotatable bonds is 5. The molecule has 4 atom stereocenters. The van der Waals surface area contributed by atoms with Gasteiger partial charge in [-0.3, -0.25) is 4.98 Å². The highest BCUT2D eigenvalue weighted by molar-refractivity contribution is 7.80. The molecule has 0 spiro atoms. The second-order valence-corrected chi connectivity index (χ2v) is 12.4. The van der Waals surface area contributed by atoms with Crippen LogP contribution in [0, 0.1) is 18.8 Å². The van der Waals surface area contributed by atoms with Crippen LogP contribution >= 0.6 is 35.4 Å². The minimum Gasteiger partial charge on any atom is -0.459 e. The SMILES string of the molecule is Cc1ccc(-c2ccc([C@H]3[C@H](c4ccccn4)NC(=S)N3c3ccc(N4C[C@H](C)C[C@H](C)C4)c(Cl)c3)o2)cc1Cl. The van der Waals surface area contributed by atoms with Gasteiger partial charge < -0.3 is 19.5 Å². The molecular formula is C32H32Cl2N4OS. The van der Waals surface area contributed by atoms with Gasteiger partial charge in [-0.2, -0.15) is 0 Å². The minimum absolute atomic E-state index is 0.212. The molecule has 40 heavy (non-hydrogen) atoms. The van der Waals surface area contributed by atoms with Crippen molar-refractivity contribution in [2.24, 2.45) is 11.8 Å². The molecule has 0 bridgehead atoms. The number of pyridine rings is 1. The number of thiocarbonyl (C=S) groups is 1. The zero-order valence-electron chi connectivity index (χ0n) is 22.8. The summed E-state index contributed by atoms with van der Waals surface area (Å²) in [6, 6.07) is 21.6. The van der Waals surface area contributed by atoms with E-state index in [1.165, 1.54) is 6.42 Å². The molecule has 2 aromatic heterocycles. The van der Waals surface area contributed by atoms with Gasteiger partial charge >= 0.3 is 0 Å². The monoisotopic (exact) mass is 590 g/mol. The number of piperidine rings is 1. The van der Waals surface area contributed by atoms with Crippen molar-refractivity contribution in [3.8, 4) is 11.3 Å². The molecule has 2 aliphatic rings. The van der Waals surface area contributed by atoms with E-state index in [9.17, 15) is 0 Å². The van der Waals surface area contributed by atoms with Gasteiger partial charge in [0, 0.05) is 35.6 Å². The van der Waals surface area contributed by atoms with Crippen LogP contribution in [-0.2, 0) is 0 Å². The Balaban J connectivity index is 1.38. The summed E-state index contributed by atoms with van der Waals surface area (Å²) < 4.78 is 6.50. The molecule has 0 saturated carbocycles. The quantitative estimate of drug-likeness (QED) is 0.235. The van der Waals surface area contributed by atoms with Crippen LogP contribution in [0.4, 0.5) is 11.4 Å². The molecule has 4 aromatic rings. The molecule has 6 rings (SSSR count). The summed E-state index contributed by atoms with van der Waals surface area (Å²) in [7, 11) is 0. The van der Waals surface area contributed by atoms with Gasteiger partial charge in [0.05, 0.1) is 22.4 Å². The zero-order valence-corrected chi connectivity index (χ0v) is 25.1. The molecule has 2 aromatic carbocycles. The number of nitrogens with zero attached hydrogens (tertiary/aromatic N) is 3. The Morgan fingerprint density at radius 1 is 0.950 bits per heavy atom. The number of anilines is 2. The molecule has 0 amide bonds.